The van der Waals surface area contributed by atoms with E-state index in [1.807, 2.05) is 0 Å². The van der Waals surface area contributed by atoms with Gasteiger partial charge in [0.1, 0.15) is 5.82 Å². The second-order valence-corrected chi connectivity index (χ2v) is 4.13. The van der Waals surface area contributed by atoms with Gasteiger partial charge in [0.2, 0.25) is 0 Å². The van der Waals surface area contributed by atoms with Gasteiger partial charge in [-0.15, -0.1) is 0 Å². The summed E-state index contributed by atoms with van der Waals surface area (Å²) in [5.41, 5.74) is 5.58. The summed E-state index contributed by atoms with van der Waals surface area (Å²) in [6.45, 7) is -0.675. The van der Waals surface area contributed by atoms with Gasteiger partial charge in [-0.3, -0.25) is 4.79 Å². The van der Waals surface area contributed by atoms with E-state index in [1.165, 1.54) is 18.2 Å². The van der Waals surface area contributed by atoms with E-state index < -0.39 is 35.7 Å². The van der Waals surface area contributed by atoms with Crippen LogP contribution in [0.1, 0.15) is 0 Å². The third kappa shape index (κ3) is 3.65. The highest BCUT2D eigenvalue weighted by Crippen LogP contribution is 2.21. The van der Waals surface area contributed by atoms with Gasteiger partial charge in [-0.2, -0.15) is 0 Å². The lowest BCUT2D eigenvalue weighted by Gasteiger charge is -2.09. The van der Waals surface area contributed by atoms with Crippen LogP contribution in [0.15, 0.2) is 36.4 Å². The summed E-state index contributed by atoms with van der Waals surface area (Å²) in [4.78, 5) is 11.6. The molecule has 0 atom stereocenters. The fourth-order valence-corrected chi connectivity index (χ4v) is 1.58. The van der Waals surface area contributed by atoms with Gasteiger partial charge >= 0.3 is 0 Å². The molecule has 0 saturated heterocycles. The lowest BCUT2D eigenvalue weighted by atomic mass is 10.2. The van der Waals surface area contributed by atoms with E-state index in [0.717, 1.165) is 18.2 Å². The molecule has 0 saturated carbocycles. The average molecular weight is 296 g/mol. The van der Waals surface area contributed by atoms with Crippen LogP contribution in [-0.2, 0) is 4.79 Å². The molecule has 0 fully saturated rings. The zero-order chi connectivity index (χ0) is 15.4. The van der Waals surface area contributed by atoms with Crippen LogP contribution >= 0.6 is 0 Å². The number of anilines is 2. The number of hydrogen-bond acceptors (Lipinski definition) is 3. The summed E-state index contributed by atoms with van der Waals surface area (Å²) in [5.74, 6) is -3.99. The molecular weight excluding hydrogens is 285 g/mol. The smallest absolute Gasteiger partial charge is 0.262 e. The van der Waals surface area contributed by atoms with Crippen molar-refractivity contribution in [2.75, 3.05) is 17.7 Å². The normalized spacial score (nSPS) is 10.2. The van der Waals surface area contributed by atoms with Crippen LogP contribution in [0.5, 0.6) is 5.75 Å². The van der Waals surface area contributed by atoms with Crippen molar-refractivity contribution in [1.82, 2.24) is 0 Å². The molecule has 0 spiro atoms. The Labute approximate surface area is 118 Å². The van der Waals surface area contributed by atoms with Gasteiger partial charge in [0.25, 0.3) is 5.91 Å². The van der Waals surface area contributed by atoms with Gasteiger partial charge in [0, 0.05) is 5.69 Å². The molecule has 2 aromatic carbocycles. The summed E-state index contributed by atoms with van der Waals surface area (Å²) in [7, 11) is 0. The molecule has 0 aromatic heterocycles. The molecule has 0 unspecified atom stereocenters. The highest BCUT2D eigenvalue weighted by molar-refractivity contribution is 5.92. The first kappa shape index (κ1) is 14.7. The maximum Gasteiger partial charge on any atom is 0.262 e. The summed E-state index contributed by atoms with van der Waals surface area (Å²) in [6.07, 6.45) is 0. The van der Waals surface area contributed by atoms with Gasteiger partial charge < -0.3 is 15.8 Å². The van der Waals surface area contributed by atoms with Crippen molar-refractivity contribution in [1.29, 1.82) is 0 Å². The standard InChI is InChI=1S/C14H11F3N2O2/c15-9-5-4-8(18)6-12(9)19-13(20)7-21-14-10(16)2-1-3-11(14)17/h1-6H,7,18H2,(H,19,20). The minimum atomic E-state index is -0.932. The Hall–Kier alpha value is -2.70. The van der Waals surface area contributed by atoms with Gasteiger partial charge in [-0.05, 0) is 30.3 Å². The van der Waals surface area contributed by atoms with E-state index in [-0.39, 0.29) is 11.4 Å². The van der Waals surface area contributed by atoms with Crippen LogP contribution in [-0.4, -0.2) is 12.5 Å². The van der Waals surface area contributed by atoms with Crippen molar-refractivity contribution in [3.63, 3.8) is 0 Å². The van der Waals surface area contributed by atoms with E-state index in [0.29, 0.717) is 0 Å². The lowest BCUT2D eigenvalue weighted by Crippen LogP contribution is -2.21. The second kappa shape index (κ2) is 6.17. The zero-order valence-electron chi connectivity index (χ0n) is 10.7. The number of nitrogens with one attached hydrogen (secondary N) is 1. The molecule has 2 rings (SSSR count). The Bertz CT molecular complexity index is 657. The molecule has 4 nitrogen and oxygen atoms in total. The summed E-state index contributed by atoms with van der Waals surface area (Å²) >= 11 is 0. The van der Waals surface area contributed by atoms with Crippen molar-refractivity contribution >= 4 is 17.3 Å². The third-order valence-electron chi connectivity index (χ3n) is 2.53. The lowest BCUT2D eigenvalue weighted by molar-refractivity contribution is -0.118. The predicted octanol–water partition coefficient (Wildman–Crippen LogP) is 2.70. The molecule has 0 radical (unpaired) electrons. The minimum absolute atomic E-state index is 0.141. The molecule has 21 heavy (non-hydrogen) atoms. The van der Waals surface area contributed by atoms with Crippen molar-refractivity contribution in [2.45, 2.75) is 0 Å². The number of rotatable bonds is 4. The number of benzene rings is 2. The van der Waals surface area contributed by atoms with Crippen LogP contribution < -0.4 is 15.8 Å². The van der Waals surface area contributed by atoms with E-state index in [9.17, 15) is 18.0 Å². The maximum atomic E-state index is 13.4. The minimum Gasteiger partial charge on any atom is -0.478 e. The number of hydrogen-bond donors (Lipinski definition) is 2. The first-order valence-electron chi connectivity index (χ1n) is 5.89. The molecular formula is C14H11F3N2O2. The topological polar surface area (TPSA) is 64.3 Å². The molecule has 7 heteroatoms. The predicted molar refractivity (Wildman–Crippen MR) is 71.3 cm³/mol. The molecule has 110 valence electrons. The largest absolute Gasteiger partial charge is 0.478 e. The Morgan fingerprint density at radius 1 is 1.10 bits per heavy atom. The number of nitrogens with two attached hydrogens (primary N) is 1. The van der Waals surface area contributed by atoms with Gasteiger partial charge in [-0.1, -0.05) is 6.07 Å². The molecule has 1 amide bonds. The van der Waals surface area contributed by atoms with Crippen LogP contribution in [0.25, 0.3) is 0 Å². The molecule has 0 aliphatic carbocycles. The Morgan fingerprint density at radius 3 is 2.43 bits per heavy atom. The Kier molecular flexibility index (Phi) is 4.32. The van der Waals surface area contributed by atoms with E-state index in [4.69, 9.17) is 10.5 Å². The fourth-order valence-electron chi connectivity index (χ4n) is 1.58. The molecule has 0 aliphatic heterocycles. The first-order valence-corrected chi connectivity index (χ1v) is 5.89. The van der Waals surface area contributed by atoms with Crippen LogP contribution in [0, 0.1) is 17.5 Å². The summed E-state index contributed by atoms with van der Waals surface area (Å²) in [5, 5.41) is 2.20. The van der Waals surface area contributed by atoms with E-state index in [2.05, 4.69) is 5.32 Å². The van der Waals surface area contributed by atoms with Crippen LogP contribution in [0.4, 0.5) is 24.5 Å². The highest BCUT2D eigenvalue weighted by Gasteiger charge is 2.13. The number of halogens is 3. The molecule has 0 aliphatic rings. The fraction of sp³-hybridized carbons (Fsp3) is 0.0714. The van der Waals surface area contributed by atoms with Crippen LogP contribution in [0.3, 0.4) is 0 Å². The van der Waals surface area contributed by atoms with E-state index in [1.54, 1.807) is 0 Å². The molecule has 2 aromatic rings. The third-order valence-corrected chi connectivity index (χ3v) is 2.53. The number of para-hydroxylation sites is 1. The summed E-state index contributed by atoms with van der Waals surface area (Å²) < 4.78 is 44.7. The molecule has 3 N–H and O–H groups in total. The number of nitrogen functional groups attached to an aromatic ring is 1. The first-order chi connectivity index (χ1) is 9.97. The number of amides is 1. The molecule has 0 bridgehead atoms. The van der Waals surface area contributed by atoms with E-state index >= 15 is 0 Å². The van der Waals surface area contributed by atoms with Crippen molar-refractivity contribution < 1.29 is 22.7 Å². The van der Waals surface area contributed by atoms with Crippen molar-refractivity contribution in [3.8, 4) is 5.75 Å². The zero-order valence-corrected chi connectivity index (χ0v) is 10.7. The van der Waals surface area contributed by atoms with Crippen molar-refractivity contribution in [3.05, 3.63) is 53.8 Å². The number of ether oxygens (including phenoxy) is 1. The molecule has 0 heterocycles. The van der Waals surface area contributed by atoms with Gasteiger partial charge in [-0.25, -0.2) is 13.2 Å². The quantitative estimate of drug-likeness (QED) is 0.853. The maximum absolute atomic E-state index is 13.4. The van der Waals surface area contributed by atoms with Crippen LogP contribution in [0.2, 0.25) is 0 Å². The Morgan fingerprint density at radius 2 is 1.76 bits per heavy atom. The highest BCUT2D eigenvalue weighted by atomic mass is 19.1. The van der Waals surface area contributed by atoms with Gasteiger partial charge in [0.05, 0.1) is 5.69 Å². The number of carbonyl (C=O) groups is 1. The van der Waals surface area contributed by atoms with Gasteiger partial charge in [0.15, 0.2) is 24.0 Å². The number of carbonyl (C=O) groups excluding carboxylic acids is 1. The SMILES string of the molecule is Nc1ccc(F)c(NC(=O)COc2c(F)cccc2F)c1. The summed E-state index contributed by atoms with van der Waals surface area (Å²) in [6, 6.07) is 6.79. The Balaban J connectivity index is 2.01. The monoisotopic (exact) mass is 296 g/mol. The average Bonchev–Trinajstić information content (AvgIpc) is 2.42. The van der Waals surface area contributed by atoms with Crippen molar-refractivity contribution in [2.24, 2.45) is 0 Å². The second-order valence-electron chi connectivity index (χ2n) is 4.13.